The van der Waals surface area contributed by atoms with Gasteiger partial charge >= 0.3 is 0 Å². The molecule has 0 bridgehead atoms. The van der Waals surface area contributed by atoms with Crippen LogP contribution in [-0.2, 0) is 16.0 Å². The number of aryl methyl sites for hydroxylation is 2. The summed E-state index contributed by atoms with van der Waals surface area (Å²) in [6.45, 7) is 6.51. The van der Waals surface area contributed by atoms with Crippen LogP contribution < -0.4 is 10.3 Å². The van der Waals surface area contributed by atoms with Crippen LogP contribution >= 0.6 is 0 Å². The van der Waals surface area contributed by atoms with E-state index in [2.05, 4.69) is 41.7 Å². The summed E-state index contributed by atoms with van der Waals surface area (Å²) in [5.41, 5.74) is 7.71. The Bertz CT molecular complexity index is 988. The summed E-state index contributed by atoms with van der Waals surface area (Å²) >= 11 is 0. The molecular formula is C24H29N5O2. The molecule has 162 valence electrons. The Labute approximate surface area is 183 Å². The van der Waals surface area contributed by atoms with Gasteiger partial charge in [-0.25, -0.2) is 10.4 Å². The maximum absolute atomic E-state index is 13.1. The third-order valence-corrected chi connectivity index (χ3v) is 5.96. The fourth-order valence-electron chi connectivity index (χ4n) is 4.17. The molecule has 2 heterocycles. The number of hydrogen-bond donors (Lipinski definition) is 1. The number of hydrazine groups is 1. The Morgan fingerprint density at radius 3 is 2.65 bits per heavy atom. The molecule has 2 atom stereocenters. The third kappa shape index (κ3) is 4.32. The van der Waals surface area contributed by atoms with E-state index in [0.29, 0.717) is 13.0 Å². The highest BCUT2D eigenvalue weighted by atomic mass is 16.2. The first-order valence-corrected chi connectivity index (χ1v) is 10.9. The van der Waals surface area contributed by atoms with Crippen molar-refractivity contribution < 1.29 is 9.59 Å². The molecule has 7 nitrogen and oxygen atoms in total. The number of fused-ring (bicyclic) bond motifs is 1. The van der Waals surface area contributed by atoms with Crippen molar-refractivity contribution in [3.8, 4) is 0 Å². The minimum atomic E-state index is -0.366. The summed E-state index contributed by atoms with van der Waals surface area (Å²) < 4.78 is 0. The predicted molar refractivity (Wildman–Crippen MR) is 121 cm³/mol. The molecule has 0 spiro atoms. The first kappa shape index (κ1) is 21.1. The minimum Gasteiger partial charge on any atom is -0.311 e. The highest BCUT2D eigenvalue weighted by Crippen LogP contribution is 2.30. The number of nitrogens with one attached hydrogen (secondary N) is 1. The summed E-state index contributed by atoms with van der Waals surface area (Å²) in [7, 11) is 0. The summed E-state index contributed by atoms with van der Waals surface area (Å²) in [5.74, 6) is -0.305. The molecule has 0 saturated carbocycles. The van der Waals surface area contributed by atoms with E-state index < -0.39 is 0 Å². The van der Waals surface area contributed by atoms with Crippen LogP contribution in [0.5, 0.6) is 0 Å². The van der Waals surface area contributed by atoms with Crippen LogP contribution in [0, 0.1) is 6.92 Å². The van der Waals surface area contributed by atoms with Gasteiger partial charge in [0.15, 0.2) is 0 Å². The zero-order valence-corrected chi connectivity index (χ0v) is 18.3. The van der Waals surface area contributed by atoms with Crippen molar-refractivity contribution in [2.24, 2.45) is 5.10 Å². The van der Waals surface area contributed by atoms with Gasteiger partial charge in [-0.2, -0.15) is 5.10 Å². The van der Waals surface area contributed by atoms with Crippen LogP contribution in [0.1, 0.15) is 43.0 Å². The number of benzene rings is 2. The van der Waals surface area contributed by atoms with E-state index >= 15 is 0 Å². The Hall–Kier alpha value is -3.19. The number of amides is 2. The van der Waals surface area contributed by atoms with Gasteiger partial charge < -0.3 is 4.90 Å². The molecule has 0 radical (unpaired) electrons. The van der Waals surface area contributed by atoms with Crippen LogP contribution in [0.4, 0.5) is 5.69 Å². The Morgan fingerprint density at radius 2 is 1.97 bits per heavy atom. The molecule has 2 aromatic carbocycles. The first-order valence-electron chi connectivity index (χ1n) is 10.9. The second-order valence-corrected chi connectivity index (χ2v) is 8.04. The van der Waals surface area contributed by atoms with Gasteiger partial charge in [-0.3, -0.25) is 14.6 Å². The van der Waals surface area contributed by atoms with E-state index in [4.69, 9.17) is 0 Å². The number of hydrazone groups is 1. The van der Waals surface area contributed by atoms with E-state index in [0.717, 1.165) is 23.2 Å². The average molecular weight is 420 g/mol. The lowest BCUT2D eigenvalue weighted by Crippen LogP contribution is -2.52. The number of rotatable bonds is 6. The number of carbonyl (C=O) groups is 2. The lowest BCUT2D eigenvalue weighted by molar-refractivity contribution is -0.139. The summed E-state index contributed by atoms with van der Waals surface area (Å²) in [6.07, 6.45) is 3.25. The van der Waals surface area contributed by atoms with Crippen LogP contribution in [-0.4, -0.2) is 47.3 Å². The Morgan fingerprint density at radius 1 is 1.19 bits per heavy atom. The Balaban J connectivity index is 1.43. The maximum atomic E-state index is 13.1. The normalized spacial score (nSPS) is 20.2. The summed E-state index contributed by atoms with van der Waals surface area (Å²) in [6, 6.07) is 16.0. The molecule has 2 aliphatic heterocycles. The van der Waals surface area contributed by atoms with Crippen LogP contribution in [0.15, 0.2) is 53.6 Å². The first-order chi connectivity index (χ1) is 15.0. The molecule has 1 N–H and O–H groups in total. The highest BCUT2D eigenvalue weighted by molar-refractivity contribution is 5.98. The van der Waals surface area contributed by atoms with Gasteiger partial charge in [-0.05, 0) is 55.5 Å². The summed E-state index contributed by atoms with van der Waals surface area (Å²) in [5, 5.41) is 7.31. The van der Waals surface area contributed by atoms with E-state index in [-0.39, 0.29) is 30.4 Å². The fraction of sp³-hybridized carbons (Fsp3) is 0.375. The quantitative estimate of drug-likeness (QED) is 0.782. The van der Waals surface area contributed by atoms with Gasteiger partial charge in [0.1, 0.15) is 18.9 Å². The maximum Gasteiger partial charge on any atom is 0.267 e. The molecule has 2 unspecified atom stereocenters. The predicted octanol–water partition coefficient (Wildman–Crippen LogP) is 3.02. The molecule has 0 aliphatic carbocycles. The minimum absolute atomic E-state index is 0.0430. The molecule has 2 amide bonds. The molecule has 0 aromatic heterocycles. The van der Waals surface area contributed by atoms with Crippen molar-refractivity contribution in [1.29, 1.82) is 0 Å². The summed E-state index contributed by atoms with van der Waals surface area (Å²) in [4.78, 5) is 27.7. The number of nitrogens with zero attached hydrogens (tertiary/aromatic N) is 4. The van der Waals surface area contributed by atoms with Crippen molar-refractivity contribution in [1.82, 2.24) is 15.4 Å². The standard InChI is InChI=1S/C24H29N5O2/c1-4-18-9-11-19(12-10-18)21-14-22-24(31)28(25-16-29(22)26-21)15-23(30)27(5-2)20-8-6-7-17(3)13-20/h6-13,16,21-22,26H,4-5,14-15H2,1-3H3. The molecule has 4 rings (SSSR count). The highest BCUT2D eigenvalue weighted by Gasteiger charge is 2.41. The second kappa shape index (κ2) is 8.89. The van der Waals surface area contributed by atoms with Crippen molar-refractivity contribution in [3.63, 3.8) is 0 Å². The van der Waals surface area contributed by atoms with E-state index in [9.17, 15) is 9.59 Å². The van der Waals surface area contributed by atoms with E-state index in [1.165, 1.54) is 10.6 Å². The fourth-order valence-corrected chi connectivity index (χ4v) is 4.17. The average Bonchev–Trinajstić information content (AvgIpc) is 3.22. The van der Waals surface area contributed by atoms with Gasteiger partial charge in [-0.15, -0.1) is 0 Å². The monoisotopic (exact) mass is 419 g/mol. The largest absolute Gasteiger partial charge is 0.311 e. The van der Waals surface area contributed by atoms with Crippen molar-refractivity contribution in [3.05, 3.63) is 65.2 Å². The Kier molecular flexibility index (Phi) is 6.04. The molecule has 1 fully saturated rings. The second-order valence-electron chi connectivity index (χ2n) is 8.04. The van der Waals surface area contributed by atoms with Crippen LogP contribution in [0.2, 0.25) is 0 Å². The topological polar surface area (TPSA) is 68.2 Å². The lowest BCUT2D eigenvalue weighted by Gasteiger charge is -2.31. The van der Waals surface area contributed by atoms with E-state index in [1.807, 2.05) is 38.1 Å². The number of likely N-dealkylation sites (N-methyl/N-ethyl adjacent to an activating group) is 1. The molecule has 2 aliphatic rings. The van der Waals surface area contributed by atoms with Crippen molar-refractivity contribution in [2.75, 3.05) is 18.0 Å². The van der Waals surface area contributed by atoms with Gasteiger partial charge in [0.25, 0.3) is 5.91 Å². The molecule has 7 heteroatoms. The van der Waals surface area contributed by atoms with Crippen LogP contribution in [0.3, 0.4) is 0 Å². The third-order valence-electron chi connectivity index (χ3n) is 5.96. The van der Waals surface area contributed by atoms with Crippen molar-refractivity contribution in [2.45, 2.75) is 45.7 Å². The molecule has 31 heavy (non-hydrogen) atoms. The zero-order chi connectivity index (χ0) is 22.0. The SMILES string of the molecule is CCc1ccc(C2CC3C(=O)N(CC(=O)N(CC)c4cccc(C)c4)N=CN3N2)cc1. The van der Waals surface area contributed by atoms with Gasteiger partial charge in [0.05, 0.1) is 6.04 Å². The number of carbonyl (C=O) groups excluding carboxylic acids is 2. The van der Waals surface area contributed by atoms with Gasteiger partial charge in [0.2, 0.25) is 5.91 Å². The van der Waals surface area contributed by atoms with Gasteiger partial charge in [0, 0.05) is 12.2 Å². The zero-order valence-electron chi connectivity index (χ0n) is 18.3. The van der Waals surface area contributed by atoms with Crippen molar-refractivity contribution >= 4 is 23.8 Å². The van der Waals surface area contributed by atoms with E-state index in [1.54, 1.807) is 16.2 Å². The number of anilines is 1. The smallest absolute Gasteiger partial charge is 0.267 e. The van der Waals surface area contributed by atoms with Gasteiger partial charge in [-0.1, -0.05) is 43.3 Å². The molecule has 2 aromatic rings. The van der Waals surface area contributed by atoms with Crippen LogP contribution in [0.25, 0.3) is 0 Å². The number of hydrogen-bond acceptors (Lipinski definition) is 5. The molecular weight excluding hydrogens is 390 g/mol. The molecule has 1 saturated heterocycles. The lowest BCUT2D eigenvalue weighted by atomic mass is 9.99.